The molecule has 156 valence electrons. The molecule has 6 nitrogen and oxygen atoms in total. The number of halogens is 1. The van der Waals surface area contributed by atoms with E-state index in [-0.39, 0.29) is 30.5 Å². The second-order valence-electron chi connectivity index (χ2n) is 7.58. The number of hydrogen-bond donors (Lipinski definition) is 3. The normalized spacial score (nSPS) is 17.6. The van der Waals surface area contributed by atoms with Gasteiger partial charge in [-0.3, -0.25) is 0 Å². The van der Waals surface area contributed by atoms with Crippen molar-refractivity contribution in [3.05, 3.63) is 47.8 Å². The Bertz CT molecular complexity index is 719. The van der Waals surface area contributed by atoms with E-state index in [4.69, 9.17) is 8.83 Å². The van der Waals surface area contributed by atoms with Crippen molar-refractivity contribution in [2.75, 3.05) is 13.1 Å². The molecule has 1 saturated carbocycles. The summed E-state index contributed by atoms with van der Waals surface area (Å²) in [6.07, 6.45) is 8.60. The first-order valence-corrected chi connectivity index (χ1v) is 9.89. The molecule has 2 aromatic heterocycles. The molecule has 1 aliphatic carbocycles. The minimum Gasteiger partial charge on any atom is -0.469 e. The lowest BCUT2D eigenvalue weighted by Gasteiger charge is -2.26. The molecule has 1 atom stereocenters. The topological polar surface area (TPSA) is 82.9 Å². The molecule has 3 N–H and O–H groups in total. The molecule has 2 heterocycles. The van der Waals surface area contributed by atoms with E-state index < -0.39 is 5.60 Å². The minimum atomic E-state index is -1.14. The monoisotopic (exact) mass is 501 g/mol. The van der Waals surface area contributed by atoms with Crippen molar-refractivity contribution in [1.82, 2.24) is 10.6 Å². The number of nitrogens with one attached hydrogen (secondary N) is 2. The highest BCUT2D eigenvalue weighted by atomic mass is 127. The number of aliphatic hydroxyl groups is 1. The van der Waals surface area contributed by atoms with Crippen molar-refractivity contribution in [2.45, 2.75) is 64.0 Å². The predicted molar refractivity (Wildman–Crippen MR) is 121 cm³/mol. The summed E-state index contributed by atoms with van der Waals surface area (Å²) >= 11 is 0. The summed E-state index contributed by atoms with van der Waals surface area (Å²) in [5, 5.41) is 17.7. The Labute approximate surface area is 184 Å². The SMILES string of the molecule is Cc1ccc(C(C)(O)CN=C(NCCc2ccco2)NC2CCCCC2)o1.I. The van der Waals surface area contributed by atoms with E-state index in [0.717, 1.165) is 36.7 Å². The number of aryl methyl sites for hydroxylation is 1. The third-order valence-electron chi connectivity index (χ3n) is 5.01. The van der Waals surface area contributed by atoms with Crippen LogP contribution >= 0.6 is 24.0 Å². The highest BCUT2D eigenvalue weighted by Crippen LogP contribution is 2.23. The lowest BCUT2D eigenvalue weighted by molar-refractivity contribution is 0.0428. The van der Waals surface area contributed by atoms with Gasteiger partial charge >= 0.3 is 0 Å². The zero-order chi connectivity index (χ0) is 19.1. The molecule has 0 aliphatic heterocycles. The van der Waals surface area contributed by atoms with E-state index in [9.17, 15) is 5.11 Å². The van der Waals surface area contributed by atoms with Crippen LogP contribution in [-0.2, 0) is 12.0 Å². The molecule has 7 heteroatoms. The summed E-state index contributed by atoms with van der Waals surface area (Å²) in [5.41, 5.74) is -1.14. The second kappa shape index (κ2) is 10.9. The molecular weight excluding hydrogens is 469 g/mol. The van der Waals surface area contributed by atoms with E-state index in [1.165, 1.54) is 19.3 Å². The van der Waals surface area contributed by atoms with Crippen LogP contribution in [0.5, 0.6) is 0 Å². The van der Waals surface area contributed by atoms with E-state index in [2.05, 4.69) is 15.6 Å². The fourth-order valence-corrected chi connectivity index (χ4v) is 3.39. The molecule has 0 amide bonds. The van der Waals surface area contributed by atoms with Crippen molar-refractivity contribution in [3.63, 3.8) is 0 Å². The Balaban J connectivity index is 0.00000280. The number of rotatable bonds is 7. The molecular formula is C21H32IN3O3. The first-order chi connectivity index (χ1) is 13.0. The summed E-state index contributed by atoms with van der Waals surface area (Å²) in [7, 11) is 0. The van der Waals surface area contributed by atoms with Gasteiger partial charge < -0.3 is 24.6 Å². The Hall–Kier alpha value is -1.48. The Morgan fingerprint density at radius 3 is 2.68 bits per heavy atom. The van der Waals surface area contributed by atoms with E-state index in [1.54, 1.807) is 13.2 Å². The van der Waals surface area contributed by atoms with Crippen molar-refractivity contribution >= 4 is 29.9 Å². The third kappa shape index (κ3) is 6.84. The quantitative estimate of drug-likeness (QED) is 0.302. The number of aliphatic imine (C=N–C) groups is 1. The third-order valence-corrected chi connectivity index (χ3v) is 5.01. The van der Waals surface area contributed by atoms with Crippen LogP contribution in [0.4, 0.5) is 0 Å². The van der Waals surface area contributed by atoms with E-state index in [1.807, 2.05) is 31.2 Å². The second-order valence-corrected chi connectivity index (χ2v) is 7.58. The maximum atomic E-state index is 10.8. The average molecular weight is 501 g/mol. The maximum Gasteiger partial charge on any atom is 0.191 e. The zero-order valence-corrected chi connectivity index (χ0v) is 19.1. The minimum absolute atomic E-state index is 0. The van der Waals surface area contributed by atoms with Crippen LogP contribution < -0.4 is 10.6 Å². The number of furan rings is 2. The molecule has 0 saturated heterocycles. The molecule has 0 radical (unpaired) electrons. The fourth-order valence-electron chi connectivity index (χ4n) is 3.39. The van der Waals surface area contributed by atoms with Gasteiger partial charge in [0.15, 0.2) is 5.96 Å². The van der Waals surface area contributed by atoms with Crippen LogP contribution in [-0.4, -0.2) is 30.2 Å². The molecule has 1 aliphatic rings. The molecule has 1 fully saturated rings. The number of guanidine groups is 1. The Morgan fingerprint density at radius 2 is 2.04 bits per heavy atom. The van der Waals surface area contributed by atoms with Gasteiger partial charge in [0.1, 0.15) is 22.9 Å². The van der Waals surface area contributed by atoms with Crippen LogP contribution in [0.1, 0.15) is 56.3 Å². The van der Waals surface area contributed by atoms with Gasteiger partial charge in [0, 0.05) is 19.0 Å². The van der Waals surface area contributed by atoms with Crippen LogP contribution in [0.2, 0.25) is 0 Å². The molecule has 3 rings (SSSR count). The first-order valence-electron chi connectivity index (χ1n) is 9.89. The lowest BCUT2D eigenvalue weighted by Crippen LogP contribution is -2.45. The smallest absolute Gasteiger partial charge is 0.191 e. The standard InChI is InChI=1S/C21H31N3O3.HI/c1-16-10-11-19(27-16)21(2,25)15-23-20(24-17-7-4-3-5-8-17)22-13-12-18-9-6-14-26-18;/h6,9-11,14,17,25H,3-5,7-8,12-13,15H2,1-2H3,(H2,22,23,24);1H. The first kappa shape index (κ1) is 22.8. The largest absolute Gasteiger partial charge is 0.469 e. The van der Waals surface area contributed by atoms with Crippen molar-refractivity contribution < 1.29 is 13.9 Å². The Morgan fingerprint density at radius 1 is 1.25 bits per heavy atom. The van der Waals surface area contributed by atoms with E-state index >= 15 is 0 Å². The van der Waals surface area contributed by atoms with Crippen molar-refractivity contribution in [2.24, 2.45) is 4.99 Å². The molecule has 0 aromatic carbocycles. The van der Waals surface area contributed by atoms with Crippen molar-refractivity contribution in [3.8, 4) is 0 Å². The fraction of sp³-hybridized carbons (Fsp3) is 0.571. The molecule has 0 spiro atoms. The van der Waals surface area contributed by atoms with Crippen LogP contribution in [0, 0.1) is 6.92 Å². The molecule has 28 heavy (non-hydrogen) atoms. The van der Waals surface area contributed by atoms with Gasteiger partial charge in [-0.05, 0) is 51.0 Å². The average Bonchev–Trinajstić information content (AvgIpc) is 3.32. The summed E-state index contributed by atoms with van der Waals surface area (Å²) in [6, 6.07) is 7.97. The van der Waals surface area contributed by atoms with Gasteiger partial charge in [-0.1, -0.05) is 19.3 Å². The van der Waals surface area contributed by atoms with Gasteiger partial charge in [0.25, 0.3) is 0 Å². The van der Waals surface area contributed by atoms with Gasteiger partial charge in [-0.2, -0.15) is 0 Å². The van der Waals surface area contributed by atoms with Gasteiger partial charge in [-0.15, -0.1) is 24.0 Å². The molecule has 0 bridgehead atoms. The molecule has 1 unspecified atom stereocenters. The Kier molecular flexibility index (Phi) is 8.88. The summed E-state index contributed by atoms with van der Waals surface area (Å²) in [6.45, 7) is 4.54. The van der Waals surface area contributed by atoms with Gasteiger partial charge in [0.2, 0.25) is 0 Å². The van der Waals surface area contributed by atoms with Gasteiger partial charge in [0.05, 0.1) is 12.8 Å². The summed E-state index contributed by atoms with van der Waals surface area (Å²) in [4.78, 5) is 4.65. The van der Waals surface area contributed by atoms with Crippen LogP contribution in [0.25, 0.3) is 0 Å². The number of hydrogen-bond acceptors (Lipinski definition) is 4. The van der Waals surface area contributed by atoms with E-state index in [0.29, 0.717) is 18.3 Å². The van der Waals surface area contributed by atoms with Crippen LogP contribution in [0.15, 0.2) is 44.4 Å². The van der Waals surface area contributed by atoms with Crippen molar-refractivity contribution in [1.29, 1.82) is 0 Å². The maximum absolute atomic E-state index is 10.8. The predicted octanol–water partition coefficient (Wildman–Crippen LogP) is 4.12. The zero-order valence-electron chi connectivity index (χ0n) is 16.7. The lowest BCUT2D eigenvalue weighted by atomic mass is 9.96. The summed E-state index contributed by atoms with van der Waals surface area (Å²) < 4.78 is 11.0. The van der Waals surface area contributed by atoms with Crippen LogP contribution in [0.3, 0.4) is 0 Å². The highest BCUT2D eigenvalue weighted by molar-refractivity contribution is 14.0. The molecule has 2 aromatic rings. The summed E-state index contributed by atoms with van der Waals surface area (Å²) in [5.74, 6) is 3.00. The van der Waals surface area contributed by atoms with Gasteiger partial charge in [-0.25, -0.2) is 4.99 Å². The number of nitrogens with zero attached hydrogens (tertiary/aromatic N) is 1. The highest BCUT2D eigenvalue weighted by Gasteiger charge is 2.27.